The highest BCUT2D eigenvalue weighted by molar-refractivity contribution is 5.97. The Balaban J connectivity index is 2.13. The maximum Gasteiger partial charge on any atom is 0.338 e. The van der Waals surface area contributed by atoms with Gasteiger partial charge in [-0.3, -0.25) is 20.2 Å². The van der Waals surface area contributed by atoms with Crippen molar-refractivity contribution in [3.8, 4) is 5.75 Å². The van der Waals surface area contributed by atoms with Gasteiger partial charge in [-0.1, -0.05) is 36.9 Å². The Hall–Kier alpha value is -4.47. The lowest BCUT2D eigenvalue weighted by Gasteiger charge is -2.09. The molecule has 0 aliphatic heterocycles. The molecule has 0 spiro atoms. The summed E-state index contributed by atoms with van der Waals surface area (Å²) in [6.45, 7) is 5.02. The molecular weight excluding hydrogens is 392 g/mol. The Kier molecular flexibility index (Phi) is 5.59. The molecule has 30 heavy (non-hydrogen) atoms. The lowest BCUT2D eigenvalue weighted by atomic mass is 10.1. The molecule has 3 rings (SSSR count). The van der Waals surface area contributed by atoms with Crippen molar-refractivity contribution in [2.24, 2.45) is 10.2 Å². The second-order valence-corrected chi connectivity index (χ2v) is 6.19. The number of rotatable bonds is 6. The fourth-order valence-corrected chi connectivity index (χ4v) is 2.57. The number of nitro groups is 2. The van der Waals surface area contributed by atoms with E-state index in [1.165, 1.54) is 13.0 Å². The number of hydrogen-bond donors (Lipinski definition) is 0. The van der Waals surface area contributed by atoms with E-state index >= 15 is 0 Å². The number of carbonyl (C=O) groups is 1. The summed E-state index contributed by atoms with van der Waals surface area (Å²) in [6, 6.07) is 13.4. The maximum absolute atomic E-state index is 12.0. The number of benzene rings is 3. The van der Waals surface area contributed by atoms with Crippen molar-refractivity contribution in [1.29, 1.82) is 0 Å². The standard InChI is InChI=1S/C20H14N4O6/c1-12(2)20(25)30-18-10-7-13-5-3-4-6-15(13)19(18)22-21-16-9-8-14(23(26)27)11-17(16)24(28)29/h3-11H,1H2,2H3. The van der Waals surface area contributed by atoms with Gasteiger partial charge in [-0.05, 0) is 24.4 Å². The Labute approximate surface area is 169 Å². The summed E-state index contributed by atoms with van der Waals surface area (Å²) in [5, 5.41) is 31.6. The molecule has 0 unspecified atom stereocenters. The molecule has 0 radical (unpaired) electrons. The summed E-state index contributed by atoms with van der Waals surface area (Å²) in [4.78, 5) is 32.6. The first kappa shape index (κ1) is 20.3. The quantitative estimate of drug-likeness (QED) is 0.131. The van der Waals surface area contributed by atoms with Gasteiger partial charge in [0.2, 0.25) is 0 Å². The van der Waals surface area contributed by atoms with E-state index in [1.807, 2.05) is 12.1 Å². The first-order valence-electron chi connectivity index (χ1n) is 8.52. The van der Waals surface area contributed by atoms with E-state index < -0.39 is 27.2 Å². The van der Waals surface area contributed by atoms with Crippen LogP contribution in [-0.4, -0.2) is 15.8 Å². The minimum absolute atomic E-state index is 0.0926. The van der Waals surface area contributed by atoms with Crippen molar-refractivity contribution in [3.05, 3.63) is 87.0 Å². The molecule has 0 N–H and O–H groups in total. The Morgan fingerprint density at radius 3 is 2.40 bits per heavy atom. The highest BCUT2D eigenvalue weighted by Gasteiger charge is 2.20. The van der Waals surface area contributed by atoms with Crippen molar-refractivity contribution in [1.82, 2.24) is 0 Å². The third-order valence-electron chi connectivity index (χ3n) is 4.04. The second kappa shape index (κ2) is 8.27. The van der Waals surface area contributed by atoms with Crippen LogP contribution in [0.1, 0.15) is 6.92 Å². The molecule has 0 aromatic heterocycles. The molecule has 3 aromatic carbocycles. The number of azo groups is 1. The highest BCUT2D eigenvalue weighted by Crippen LogP contribution is 2.39. The minimum atomic E-state index is -0.785. The number of esters is 1. The van der Waals surface area contributed by atoms with E-state index in [4.69, 9.17) is 4.74 Å². The van der Waals surface area contributed by atoms with Crippen molar-refractivity contribution in [2.75, 3.05) is 0 Å². The first-order chi connectivity index (χ1) is 14.3. The van der Waals surface area contributed by atoms with Gasteiger partial charge in [0.1, 0.15) is 5.69 Å². The highest BCUT2D eigenvalue weighted by atomic mass is 16.6. The molecular formula is C20H14N4O6. The molecule has 0 heterocycles. The van der Waals surface area contributed by atoms with Crippen LogP contribution in [0.15, 0.2) is 77.0 Å². The topological polar surface area (TPSA) is 137 Å². The number of ether oxygens (including phenoxy) is 1. The van der Waals surface area contributed by atoms with Crippen molar-refractivity contribution >= 4 is 39.5 Å². The van der Waals surface area contributed by atoms with Gasteiger partial charge in [-0.2, -0.15) is 0 Å². The summed E-state index contributed by atoms with van der Waals surface area (Å²) in [6.07, 6.45) is 0. The molecule has 0 atom stereocenters. The minimum Gasteiger partial charge on any atom is -0.421 e. The average molecular weight is 406 g/mol. The van der Waals surface area contributed by atoms with E-state index in [-0.39, 0.29) is 22.7 Å². The van der Waals surface area contributed by atoms with Gasteiger partial charge >= 0.3 is 11.7 Å². The van der Waals surface area contributed by atoms with Crippen LogP contribution in [0.25, 0.3) is 10.8 Å². The first-order valence-corrected chi connectivity index (χ1v) is 8.52. The van der Waals surface area contributed by atoms with E-state index in [1.54, 1.807) is 18.2 Å². The zero-order valence-electron chi connectivity index (χ0n) is 15.6. The lowest BCUT2D eigenvalue weighted by molar-refractivity contribution is -0.393. The predicted octanol–water partition coefficient (Wildman–Crippen LogP) is 5.55. The molecule has 0 aliphatic carbocycles. The zero-order chi connectivity index (χ0) is 21.8. The molecule has 0 amide bonds. The molecule has 0 saturated carbocycles. The number of nitrogens with zero attached hydrogens (tertiary/aromatic N) is 4. The fraction of sp³-hybridized carbons (Fsp3) is 0.0500. The van der Waals surface area contributed by atoms with Crippen molar-refractivity contribution in [2.45, 2.75) is 6.92 Å². The van der Waals surface area contributed by atoms with Gasteiger partial charge in [0, 0.05) is 17.0 Å². The smallest absolute Gasteiger partial charge is 0.338 e. The second-order valence-electron chi connectivity index (χ2n) is 6.19. The lowest BCUT2D eigenvalue weighted by Crippen LogP contribution is -2.08. The van der Waals surface area contributed by atoms with Crippen molar-refractivity contribution in [3.63, 3.8) is 0 Å². The van der Waals surface area contributed by atoms with Gasteiger partial charge in [-0.25, -0.2) is 4.79 Å². The molecule has 3 aromatic rings. The Morgan fingerprint density at radius 2 is 1.73 bits per heavy atom. The van der Waals surface area contributed by atoms with Crippen LogP contribution < -0.4 is 4.74 Å². The summed E-state index contributed by atoms with van der Waals surface area (Å²) < 4.78 is 5.32. The number of fused-ring (bicyclic) bond motifs is 1. The van der Waals surface area contributed by atoms with Crippen LogP contribution in [0.4, 0.5) is 22.7 Å². The third-order valence-corrected chi connectivity index (χ3v) is 4.04. The maximum atomic E-state index is 12.0. The molecule has 10 nitrogen and oxygen atoms in total. The molecule has 0 saturated heterocycles. The van der Waals surface area contributed by atoms with Gasteiger partial charge < -0.3 is 4.74 Å². The molecule has 0 bridgehead atoms. The molecule has 150 valence electrons. The third kappa shape index (κ3) is 4.17. The monoisotopic (exact) mass is 406 g/mol. The normalized spacial score (nSPS) is 10.8. The van der Waals surface area contributed by atoms with E-state index in [0.29, 0.717) is 5.39 Å². The molecule has 0 aliphatic rings. The largest absolute Gasteiger partial charge is 0.421 e. The predicted molar refractivity (Wildman–Crippen MR) is 108 cm³/mol. The number of hydrogen-bond acceptors (Lipinski definition) is 8. The van der Waals surface area contributed by atoms with Crippen LogP contribution in [-0.2, 0) is 4.79 Å². The summed E-state index contributed by atoms with van der Waals surface area (Å²) in [7, 11) is 0. The van der Waals surface area contributed by atoms with Gasteiger partial charge in [0.15, 0.2) is 11.4 Å². The van der Waals surface area contributed by atoms with Crippen LogP contribution in [0.5, 0.6) is 5.75 Å². The Bertz CT molecular complexity index is 1240. The Morgan fingerprint density at radius 1 is 1.00 bits per heavy atom. The zero-order valence-corrected chi connectivity index (χ0v) is 15.6. The van der Waals surface area contributed by atoms with E-state index in [0.717, 1.165) is 23.6 Å². The van der Waals surface area contributed by atoms with Crippen LogP contribution in [0, 0.1) is 20.2 Å². The molecule has 10 heteroatoms. The van der Waals surface area contributed by atoms with Gasteiger partial charge in [0.05, 0.1) is 15.9 Å². The van der Waals surface area contributed by atoms with E-state index in [2.05, 4.69) is 16.8 Å². The number of non-ortho nitro benzene ring substituents is 1. The van der Waals surface area contributed by atoms with Gasteiger partial charge in [-0.15, -0.1) is 10.2 Å². The van der Waals surface area contributed by atoms with Crippen LogP contribution >= 0.6 is 0 Å². The fourth-order valence-electron chi connectivity index (χ4n) is 2.57. The molecule has 0 fully saturated rings. The number of carbonyl (C=O) groups excluding carboxylic acids is 1. The van der Waals surface area contributed by atoms with E-state index in [9.17, 15) is 25.0 Å². The SMILES string of the molecule is C=C(C)C(=O)Oc1ccc2ccccc2c1N=Nc1ccc([N+](=O)[O-])cc1[N+](=O)[O-]. The van der Waals surface area contributed by atoms with Crippen molar-refractivity contribution < 1.29 is 19.4 Å². The average Bonchev–Trinajstić information content (AvgIpc) is 2.72. The van der Waals surface area contributed by atoms with Crippen LogP contribution in [0.3, 0.4) is 0 Å². The van der Waals surface area contributed by atoms with Crippen LogP contribution in [0.2, 0.25) is 0 Å². The number of nitro benzene ring substituents is 2. The summed E-state index contributed by atoms with van der Waals surface area (Å²) >= 11 is 0. The summed E-state index contributed by atoms with van der Waals surface area (Å²) in [5.41, 5.74) is -0.848. The summed E-state index contributed by atoms with van der Waals surface area (Å²) in [5.74, 6) is -0.571. The van der Waals surface area contributed by atoms with Gasteiger partial charge in [0.25, 0.3) is 5.69 Å².